The summed E-state index contributed by atoms with van der Waals surface area (Å²) in [5.74, 6) is -0.361. The summed E-state index contributed by atoms with van der Waals surface area (Å²) in [5.41, 5.74) is 2.74. The van der Waals surface area contributed by atoms with E-state index in [1.807, 2.05) is 19.1 Å². The summed E-state index contributed by atoms with van der Waals surface area (Å²) < 4.78 is 20.3. The first-order chi connectivity index (χ1) is 12.0. The van der Waals surface area contributed by atoms with Gasteiger partial charge in [0.1, 0.15) is 11.6 Å². The highest BCUT2D eigenvalue weighted by Gasteiger charge is 2.21. The molecule has 0 spiro atoms. The van der Waals surface area contributed by atoms with Crippen molar-refractivity contribution in [1.29, 1.82) is 0 Å². The van der Waals surface area contributed by atoms with E-state index in [0.29, 0.717) is 29.3 Å². The Bertz CT molecular complexity index is 810. The van der Waals surface area contributed by atoms with E-state index in [1.54, 1.807) is 25.1 Å². The third kappa shape index (κ3) is 3.94. The van der Waals surface area contributed by atoms with Crippen LogP contribution in [0, 0.1) is 12.7 Å². The van der Waals surface area contributed by atoms with Crippen LogP contribution in [-0.2, 0) is 17.8 Å². The number of fused-ring (bicyclic) bond motifs is 1. The number of carbonyl (C=O) groups is 1. The molecule has 1 atom stereocenters. The second kappa shape index (κ2) is 7.42. The Morgan fingerprint density at radius 2 is 2.16 bits per heavy atom. The van der Waals surface area contributed by atoms with Gasteiger partial charge in [-0.15, -0.1) is 0 Å². The zero-order chi connectivity index (χ0) is 18.0. The number of nitrogens with one attached hydrogen (secondary N) is 2. The molecule has 2 N–H and O–H groups in total. The summed E-state index contributed by atoms with van der Waals surface area (Å²) in [5, 5.41) is 6.24. The number of halogens is 2. The van der Waals surface area contributed by atoms with Crippen LogP contribution in [0.15, 0.2) is 30.3 Å². The summed E-state index contributed by atoms with van der Waals surface area (Å²) >= 11 is 6.09. The van der Waals surface area contributed by atoms with Crippen molar-refractivity contribution in [2.75, 3.05) is 11.9 Å². The number of anilines is 1. The summed E-state index contributed by atoms with van der Waals surface area (Å²) in [6, 6.07) is 8.76. The molecule has 0 aromatic heterocycles. The normalized spacial score (nSPS) is 14.6. The molecular weight excluding hydrogens is 343 g/mol. The van der Waals surface area contributed by atoms with E-state index in [2.05, 4.69) is 10.6 Å². The average Bonchev–Trinajstić information content (AvgIpc) is 2.60. The van der Waals surface area contributed by atoms with E-state index in [9.17, 15) is 9.18 Å². The first kappa shape index (κ1) is 17.7. The van der Waals surface area contributed by atoms with Gasteiger partial charge in [0, 0.05) is 6.54 Å². The first-order valence-electron chi connectivity index (χ1n) is 8.20. The van der Waals surface area contributed by atoms with E-state index in [0.717, 1.165) is 17.7 Å². The number of benzene rings is 2. The van der Waals surface area contributed by atoms with Crippen LogP contribution in [0.5, 0.6) is 5.75 Å². The Labute approximate surface area is 151 Å². The zero-order valence-corrected chi connectivity index (χ0v) is 14.9. The van der Waals surface area contributed by atoms with E-state index < -0.39 is 12.0 Å². The maximum Gasteiger partial charge on any atom is 0.265 e. The lowest BCUT2D eigenvalue weighted by Gasteiger charge is -2.20. The van der Waals surface area contributed by atoms with Crippen LogP contribution >= 0.6 is 11.6 Å². The molecule has 132 valence electrons. The Hall–Kier alpha value is -2.11. The largest absolute Gasteiger partial charge is 0.479 e. The van der Waals surface area contributed by atoms with Gasteiger partial charge in [-0.3, -0.25) is 4.79 Å². The molecule has 1 amide bonds. The van der Waals surface area contributed by atoms with Gasteiger partial charge in [0.05, 0.1) is 10.7 Å². The minimum absolute atomic E-state index is 0.177. The molecule has 2 aromatic rings. The van der Waals surface area contributed by atoms with Crippen LogP contribution in [-0.4, -0.2) is 18.6 Å². The van der Waals surface area contributed by atoms with Crippen molar-refractivity contribution in [3.63, 3.8) is 0 Å². The van der Waals surface area contributed by atoms with Gasteiger partial charge >= 0.3 is 0 Å². The fraction of sp³-hybridized carbons (Fsp3) is 0.316. The zero-order valence-electron chi connectivity index (χ0n) is 14.2. The third-order valence-corrected chi connectivity index (χ3v) is 4.54. The van der Waals surface area contributed by atoms with E-state index in [1.165, 1.54) is 0 Å². The second-order valence-corrected chi connectivity index (χ2v) is 6.58. The first-order valence-corrected chi connectivity index (χ1v) is 8.58. The van der Waals surface area contributed by atoms with Crippen LogP contribution in [0.4, 0.5) is 10.1 Å². The Morgan fingerprint density at radius 1 is 1.36 bits per heavy atom. The average molecular weight is 363 g/mol. The van der Waals surface area contributed by atoms with Crippen LogP contribution in [0.25, 0.3) is 0 Å². The highest BCUT2D eigenvalue weighted by Crippen LogP contribution is 2.27. The molecule has 0 saturated carbocycles. The van der Waals surface area contributed by atoms with Gasteiger partial charge in [-0.05, 0) is 61.7 Å². The molecule has 2 aromatic carbocycles. The van der Waals surface area contributed by atoms with Gasteiger partial charge in [-0.1, -0.05) is 23.7 Å². The fourth-order valence-corrected chi connectivity index (χ4v) is 2.97. The molecular formula is C19H20ClFN2O2. The quantitative estimate of drug-likeness (QED) is 0.868. The smallest absolute Gasteiger partial charge is 0.265 e. The van der Waals surface area contributed by atoms with Crippen molar-refractivity contribution in [2.45, 2.75) is 32.9 Å². The van der Waals surface area contributed by atoms with Gasteiger partial charge in [0.25, 0.3) is 5.91 Å². The fourth-order valence-electron chi connectivity index (χ4n) is 2.81. The van der Waals surface area contributed by atoms with Gasteiger partial charge < -0.3 is 15.4 Å². The summed E-state index contributed by atoms with van der Waals surface area (Å²) in [4.78, 5) is 12.4. The van der Waals surface area contributed by atoms with Crippen molar-refractivity contribution < 1.29 is 13.9 Å². The van der Waals surface area contributed by atoms with Gasteiger partial charge in [0.2, 0.25) is 0 Å². The minimum atomic E-state index is -0.809. The molecule has 0 fully saturated rings. The molecule has 0 bridgehead atoms. The van der Waals surface area contributed by atoms with Crippen LogP contribution < -0.4 is 15.4 Å². The molecule has 1 unspecified atom stereocenters. The van der Waals surface area contributed by atoms with E-state index in [-0.39, 0.29) is 11.5 Å². The molecule has 0 radical (unpaired) electrons. The van der Waals surface area contributed by atoms with E-state index >= 15 is 0 Å². The molecule has 4 nitrogen and oxygen atoms in total. The molecule has 0 aliphatic carbocycles. The number of aryl methyl sites for hydroxylation is 1. The SMILES string of the molecule is Cc1ccc(Cl)c(OC(C)C(=O)Nc2ccc3c(c2F)CCNC3)c1. The maximum absolute atomic E-state index is 14.6. The van der Waals surface area contributed by atoms with E-state index in [4.69, 9.17) is 16.3 Å². The topological polar surface area (TPSA) is 50.4 Å². The molecule has 25 heavy (non-hydrogen) atoms. The van der Waals surface area contributed by atoms with Crippen molar-refractivity contribution in [2.24, 2.45) is 0 Å². The summed E-state index contributed by atoms with van der Waals surface area (Å²) in [6.07, 6.45) is -0.202. The number of amides is 1. The molecule has 3 rings (SSSR count). The van der Waals surface area contributed by atoms with Gasteiger partial charge in [-0.25, -0.2) is 4.39 Å². The highest BCUT2D eigenvalue weighted by molar-refractivity contribution is 6.32. The highest BCUT2D eigenvalue weighted by atomic mass is 35.5. The lowest BCUT2D eigenvalue weighted by molar-refractivity contribution is -0.122. The third-order valence-electron chi connectivity index (χ3n) is 4.22. The lowest BCUT2D eigenvalue weighted by Crippen LogP contribution is -2.31. The summed E-state index contributed by atoms with van der Waals surface area (Å²) in [6.45, 7) is 4.89. The Kier molecular flexibility index (Phi) is 5.25. The predicted molar refractivity (Wildman–Crippen MR) is 96.7 cm³/mol. The second-order valence-electron chi connectivity index (χ2n) is 6.17. The minimum Gasteiger partial charge on any atom is -0.479 e. The lowest BCUT2D eigenvalue weighted by atomic mass is 9.99. The molecule has 6 heteroatoms. The molecule has 0 saturated heterocycles. The van der Waals surface area contributed by atoms with Crippen molar-refractivity contribution in [3.8, 4) is 5.75 Å². The van der Waals surface area contributed by atoms with Crippen molar-refractivity contribution in [1.82, 2.24) is 5.32 Å². The van der Waals surface area contributed by atoms with Crippen molar-refractivity contribution in [3.05, 3.63) is 57.9 Å². The van der Waals surface area contributed by atoms with Gasteiger partial charge in [0.15, 0.2) is 6.10 Å². The van der Waals surface area contributed by atoms with Crippen LogP contribution in [0.1, 0.15) is 23.6 Å². The number of ether oxygens (including phenoxy) is 1. The monoisotopic (exact) mass is 362 g/mol. The van der Waals surface area contributed by atoms with Crippen molar-refractivity contribution >= 4 is 23.2 Å². The number of hydrogen-bond acceptors (Lipinski definition) is 3. The molecule has 1 aliphatic rings. The predicted octanol–water partition coefficient (Wildman–Crippen LogP) is 3.84. The van der Waals surface area contributed by atoms with Crippen LogP contribution in [0.3, 0.4) is 0 Å². The van der Waals surface area contributed by atoms with Gasteiger partial charge in [-0.2, -0.15) is 0 Å². The number of carbonyl (C=O) groups excluding carboxylic acids is 1. The Morgan fingerprint density at radius 3 is 2.96 bits per heavy atom. The number of rotatable bonds is 4. The maximum atomic E-state index is 14.6. The Balaban J connectivity index is 1.72. The standard InChI is InChI=1S/C19H20ClFN2O2/c1-11-3-5-15(20)17(9-11)25-12(2)19(24)23-16-6-4-13-10-22-8-7-14(13)18(16)21/h3-6,9,12,22H,7-8,10H2,1-2H3,(H,23,24). The summed E-state index contributed by atoms with van der Waals surface area (Å²) in [7, 11) is 0. The number of hydrogen-bond donors (Lipinski definition) is 2. The molecule has 1 aliphatic heterocycles. The molecule has 1 heterocycles. The van der Waals surface area contributed by atoms with Crippen LogP contribution in [0.2, 0.25) is 5.02 Å².